The number of rotatable bonds is 11. The topological polar surface area (TPSA) is 96.0 Å². The quantitative estimate of drug-likeness (QED) is 0.510. The maximum absolute atomic E-state index is 13.7. The average molecular weight is 502 g/mol. The zero-order valence-corrected chi connectivity index (χ0v) is 21.5. The summed E-state index contributed by atoms with van der Waals surface area (Å²) < 4.78 is 31.5. The van der Waals surface area contributed by atoms with Crippen LogP contribution in [-0.2, 0) is 26.2 Å². The number of ether oxygens (including phenoxy) is 1. The highest BCUT2D eigenvalue weighted by Crippen LogP contribution is 2.22. The smallest absolute Gasteiger partial charge is 0.244 e. The second-order valence-corrected chi connectivity index (χ2v) is 10.8. The minimum absolute atomic E-state index is 0.117. The van der Waals surface area contributed by atoms with Crippen LogP contribution in [0, 0.1) is 0 Å². The molecule has 0 bridgehead atoms. The number of nitrogens with one attached hydrogen (secondary N) is 1. The highest BCUT2D eigenvalue weighted by atomic mass is 32.2. The fourth-order valence-corrected chi connectivity index (χ4v) is 5.27. The van der Waals surface area contributed by atoms with Gasteiger partial charge in [-0.15, -0.1) is 0 Å². The van der Waals surface area contributed by atoms with E-state index in [1.165, 1.54) is 4.90 Å². The number of methoxy groups -OCH3 is 1. The predicted molar refractivity (Wildman–Crippen MR) is 137 cm³/mol. The number of hydrogen-bond donors (Lipinski definition) is 1. The lowest BCUT2D eigenvalue weighted by molar-refractivity contribution is -0.140. The van der Waals surface area contributed by atoms with Gasteiger partial charge in [-0.25, -0.2) is 8.42 Å². The molecule has 3 rings (SSSR count). The number of carbonyl (C=O) groups excluding carboxylic acids is 2. The molecule has 8 nitrogen and oxygen atoms in total. The van der Waals surface area contributed by atoms with Gasteiger partial charge in [-0.3, -0.25) is 13.9 Å². The lowest BCUT2D eigenvalue weighted by Crippen LogP contribution is -2.53. The molecule has 1 fully saturated rings. The molecule has 2 aromatic carbocycles. The highest BCUT2D eigenvalue weighted by Gasteiger charge is 2.32. The second kappa shape index (κ2) is 12.1. The van der Waals surface area contributed by atoms with Crippen molar-refractivity contribution in [2.24, 2.45) is 0 Å². The third-order valence-electron chi connectivity index (χ3n) is 6.32. The molecule has 1 N–H and O–H groups in total. The predicted octanol–water partition coefficient (Wildman–Crippen LogP) is 3.33. The van der Waals surface area contributed by atoms with Crippen molar-refractivity contribution in [3.63, 3.8) is 0 Å². The number of carbonyl (C=O) groups is 2. The Balaban J connectivity index is 1.89. The van der Waals surface area contributed by atoms with Crippen LogP contribution in [0.3, 0.4) is 0 Å². The summed E-state index contributed by atoms with van der Waals surface area (Å²) in [4.78, 5) is 28.4. The summed E-state index contributed by atoms with van der Waals surface area (Å²) in [6.45, 7) is 1.64. The van der Waals surface area contributed by atoms with Gasteiger partial charge in [0.25, 0.3) is 0 Å². The van der Waals surface area contributed by atoms with E-state index in [4.69, 9.17) is 4.74 Å². The van der Waals surface area contributed by atoms with E-state index in [0.717, 1.165) is 41.8 Å². The first-order chi connectivity index (χ1) is 16.7. The van der Waals surface area contributed by atoms with Gasteiger partial charge in [0.2, 0.25) is 21.8 Å². The molecule has 2 aromatic rings. The van der Waals surface area contributed by atoms with Crippen molar-refractivity contribution in [1.82, 2.24) is 10.2 Å². The molecular formula is C26H35N3O5S. The van der Waals surface area contributed by atoms with Crippen molar-refractivity contribution in [1.29, 1.82) is 0 Å². The Bertz CT molecular complexity index is 1080. The molecule has 0 aromatic heterocycles. The van der Waals surface area contributed by atoms with Gasteiger partial charge in [0.15, 0.2) is 0 Å². The Morgan fingerprint density at radius 3 is 2.23 bits per heavy atom. The monoisotopic (exact) mass is 501 g/mol. The van der Waals surface area contributed by atoms with E-state index in [-0.39, 0.29) is 18.5 Å². The number of nitrogens with zero attached hydrogens (tertiary/aromatic N) is 2. The van der Waals surface area contributed by atoms with Crippen molar-refractivity contribution >= 4 is 27.5 Å². The third-order valence-corrected chi connectivity index (χ3v) is 7.46. The molecule has 1 aliphatic carbocycles. The summed E-state index contributed by atoms with van der Waals surface area (Å²) in [5.41, 5.74) is 1.22. The van der Waals surface area contributed by atoms with Crippen LogP contribution in [0.2, 0.25) is 0 Å². The maximum atomic E-state index is 13.7. The van der Waals surface area contributed by atoms with E-state index < -0.39 is 28.5 Å². The van der Waals surface area contributed by atoms with Crippen LogP contribution in [0.4, 0.5) is 5.69 Å². The zero-order chi connectivity index (χ0) is 25.4. The van der Waals surface area contributed by atoms with Gasteiger partial charge >= 0.3 is 0 Å². The molecule has 1 atom stereocenters. The molecule has 0 spiro atoms. The van der Waals surface area contributed by atoms with Crippen molar-refractivity contribution in [3.8, 4) is 5.75 Å². The van der Waals surface area contributed by atoms with E-state index in [2.05, 4.69) is 5.32 Å². The lowest BCUT2D eigenvalue weighted by atomic mass is 10.1. The molecule has 9 heteroatoms. The number of sulfonamides is 1. The second-order valence-electron chi connectivity index (χ2n) is 8.89. The summed E-state index contributed by atoms with van der Waals surface area (Å²) in [7, 11) is -2.15. The molecule has 0 heterocycles. The minimum Gasteiger partial charge on any atom is -0.497 e. The largest absolute Gasteiger partial charge is 0.497 e. The third kappa shape index (κ3) is 7.21. The molecule has 190 valence electrons. The summed E-state index contributed by atoms with van der Waals surface area (Å²) in [6, 6.07) is 15.2. The zero-order valence-electron chi connectivity index (χ0n) is 20.6. The summed E-state index contributed by atoms with van der Waals surface area (Å²) >= 11 is 0. The fourth-order valence-electron chi connectivity index (χ4n) is 4.42. The molecule has 2 amide bonds. The molecule has 35 heavy (non-hydrogen) atoms. The Hall–Kier alpha value is -3.07. The van der Waals surface area contributed by atoms with Crippen LogP contribution >= 0.6 is 0 Å². The van der Waals surface area contributed by atoms with Gasteiger partial charge in [-0.05, 0) is 49.1 Å². The van der Waals surface area contributed by atoms with Crippen LogP contribution < -0.4 is 14.4 Å². The standard InChI is InChI=1S/C26H35N3O5S/c1-4-24(26(31)27-21-10-8-9-11-21)28(18-20-14-16-23(34-2)17-15-20)25(30)19-29(35(3,32)33)22-12-6-5-7-13-22/h5-7,12-17,21,24H,4,8-11,18-19H2,1-3H3,(H,27,31)/t24-/m1/s1. The Kier molecular flexibility index (Phi) is 9.14. The van der Waals surface area contributed by atoms with E-state index >= 15 is 0 Å². The normalized spacial score (nSPS) is 14.8. The number of benzene rings is 2. The minimum atomic E-state index is -3.73. The van der Waals surface area contributed by atoms with Gasteiger partial charge in [0.1, 0.15) is 18.3 Å². The number of hydrogen-bond acceptors (Lipinski definition) is 5. The Morgan fingerprint density at radius 2 is 1.69 bits per heavy atom. The van der Waals surface area contributed by atoms with E-state index in [1.54, 1.807) is 49.6 Å². The van der Waals surface area contributed by atoms with Gasteiger partial charge in [0.05, 0.1) is 19.1 Å². The summed E-state index contributed by atoms with van der Waals surface area (Å²) in [6.07, 6.45) is 5.51. The molecule has 0 radical (unpaired) electrons. The SMILES string of the molecule is CC[C@H](C(=O)NC1CCCC1)N(Cc1ccc(OC)cc1)C(=O)CN(c1ccccc1)S(C)(=O)=O. The average Bonchev–Trinajstić information content (AvgIpc) is 3.35. The van der Waals surface area contributed by atoms with Crippen molar-refractivity contribution in [2.45, 2.75) is 57.7 Å². The van der Waals surface area contributed by atoms with Gasteiger partial charge in [0, 0.05) is 12.6 Å². The maximum Gasteiger partial charge on any atom is 0.244 e. The Labute approximate surface area is 208 Å². The fraction of sp³-hybridized carbons (Fsp3) is 0.462. The number of amides is 2. The first-order valence-corrected chi connectivity index (χ1v) is 13.8. The molecular weight excluding hydrogens is 466 g/mol. The molecule has 0 unspecified atom stereocenters. The summed E-state index contributed by atoms with van der Waals surface area (Å²) in [5, 5.41) is 3.10. The summed E-state index contributed by atoms with van der Waals surface area (Å²) in [5.74, 6) is 0.0420. The first-order valence-electron chi connectivity index (χ1n) is 12.0. The van der Waals surface area contributed by atoms with Crippen molar-refractivity contribution in [2.75, 3.05) is 24.2 Å². The Morgan fingerprint density at radius 1 is 1.06 bits per heavy atom. The van der Waals surface area contributed by atoms with E-state index in [9.17, 15) is 18.0 Å². The van der Waals surface area contributed by atoms with Gasteiger partial charge in [-0.2, -0.15) is 0 Å². The van der Waals surface area contributed by atoms with Crippen molar-refractivity contribution in [3.05, 3.63) is 60.2 Å². The van der Waals surface area contributed by atoms with Crippen LogP contribution in [0.5, 0.6) is 5.75 Å². The van der Waals surface area contributed by atoms with Crippen molar-refractivity contribution < 1.29 is 22.7 Å². The number of anilines is 1. The van der Waals surface area contributed by atoms with Crippen LogP contribution in [0.25, 0.3) is 0 Å². The number of para-hydroxylation sites is 1. The van der Waals surface area contributed by atoms with Crippen LogP contribution in [0.1, 0.15) is 44.6 Å². The van der Waals surface area contributed by atoms with Crippen LogP contribution in [0.15, 0.2) is 54.6 Å². The van der Waals surface area contributed by atoms with Gasteiger partial charge < -0.3 is 15.0 Å². The molecule has 1 aliphatic rings. The highest BCUT2D eigenvalue weighted by molar-refractivity contribution is 7.92. The van der Waals surface area contributed by atoms with Gasteiger partial charge in [-0.1, -0.05) is 50.1 Å². The molecule has 1 saturated carbocycles. The molecule has 0 aliphatic heterocycles. The lowest BCUT2D eigenvalue weighted by Gasteiger charge is -2.33. The van der Waals surface area contributed by atoms with E-state index in [1.807, 2.05) is 19.1 Å². The van der Waals surface area contributed by atoms with E-state index in [0.29, 0.717) is 17.9 Å². The first kappa shape index (κ1) is 26.5. The molecule has 0 saturated heterocycles. The van der Waals surface area contributed by atoms with Crippen LogP contribution in [-0.4, -0.2) is 57.1 Å².